The number of rotatable bonds is 4. The van der Waals surface area contributed by atoms with Crippen molar-refractivity contribution >= 4 is 17.3 Å². The fourth-order valence-corrected chi connectivity index (χ4v) is 1.81. The van der Waals surface area contributed by atoms with Crippen LogP contribution in [-0.2, 0) is 0 Å². The second kappa shape index (κ2) is 5.81. The van der Waals surface area contributed by atoms with E-state index in [1.807, 2.05) is 6.92 Å². The number of aryl methyl sites for hydroxylation is 1. The van der Waals surface area contributed by atoms with Crippen molar-refractivity contribution in [2.24, 2.45) is 0 Å². The van der Waals surface area contributed by atoms with Crippen LogP contribution in [0, 0.1) is 25.5 Å². The van der Waals surface area contributed by atoms with Crippen LogP contribution in [0.25, 0.3) is 0 Å². The molecular weight excluding hydrogens is 262 g/mol. The quantitative estimate of drug-likeness (QED) is 0.898. The number of nitrogens with one attached hydrogen (secondary N) is 2. The molecule has 0 amide bonds. The molecule has 4 nitrogen and oxygen atoms in total. The van der Waals surface area contributed by atoms with Gasteiger partial charge in [-0.05, 0) is 32.4 Å². The standard InChI is InChI=1S/C14H16F2N4/c1-4-17-13-9(3)14(19-7-18-13)20-12-10(15)6-5-8(2)11(12)16/h5-7H,4H2,1-3H3,(H2,17,18,19,20). The van der Waals surface area contributed by atoms with Crippen molar-refractivity contribution < 1.29 is 8.78 Å². The third-order valence-corrected chi connectivity index (χ3v) is 2.96. The van der Waals surface area contributed by atoms with E-state index in [4.69, 9.17) is 0 Å². The molecule has 2 aromatic rings. The van der Waals surface area contributed by atoms with Crippen molar-refractivity contribution in [1.82, 2.24) is 9.97 Å². The van der Waals surface area contributed by atoms with Crippen LogP contribution in [0.4, 0.5) is 26.1 Å². The minimum Gasteiger partial charge on any atom is -0.370 e. The van der Waals surface area contributed by atoms with E-state index in [0.29, 0.717) is 29.3 Å². The molecule has 0 spiro atoms. The molecule has 0 aliphatic carbocycles. The molecule has 2 rings (SSSR count). The maximum absolute atomic E-state index is 14.0. The molecule has 0 saturated heterocycles. The summed E-state index contributed by atoms with van der Waals surface area (Å²) in [6.07, 6.45) is 1.35. The van der Waals surface area contributed by atoms with Gasteiger partial charge in [0.1, 0.15) is 29.5 Å². The number of nitrogens with zero attached hydrogens (tertiary/aromatic N) is 2. The van der Waals surface area contributed by atoms with Crippen LogP contribution in [0.3, 0.4) is 0 Å². The maximum atomic E-state index is 14.0. The Morgan fingerprint density at radius 2 is 1.80 bits per heavy atom. The largest absolute Gasteiger partial charge is 0.370 e. The fraction of sp³-hybridized carbons (Fsp3) is 0.286. The number of anilines is 3. The van der Waals surface area contributed by atoms with Gasteiger partial charge >= 0.3 is 0 Å². The molecule has 0 atom stereocenters. The number of hydrogen-bond donors (Lipinski definition) is 2. The zero-order chi connectivity index (χ0) is 14.7. The highest BCUT2D eigenvalue weighted by molar-refractivity contribution is 5.65. The van der Waals surface area contributed by atoms with Gasteiger partial charge in [0.2, 0.25) is 0 Å². The van der Waals surface area contributed by atoms with Crippen LogP contribution in [0.5, 0.6) is 0 Å². The van der Waals surface area contributed by atoms with E-state index < -0.39 is 11.6 Å². The van der Waals surface area contributed by atoms with Crippen molar-refractivity contribution in [1.29, 1.82) is 0 Å². The van der Waals surface area contributed by atoms with Gasteiger partial charge in [-0.25, -0.2) is 18.7 Å². The summed E-state index contributed by atoms with van der Waals surface area (Å²) in [5, 5.41) is 5.77. The van der Waals surface area contributed by atoms with E-state index in [2.05, 4.69) is 20.6 Å². The molecule has 0 aliphatic rings. The van der Waals surface area contributed by atoms with Crippen LogP contribution in [0.2, 0.25) is 0 Å². The van der Waals surface area contributed by atoms with Gasteiger partial charge in [-0.1, -0.05) is 6.07 Å². The van der Waals surface area contributed by atoms with E-state index in [1.165, 1.54) is 18.5 Å². The molecule has 0 fully saturated rings. The molecule has 2 N–H and O–H groups in total. The highest BCUT2D eigenvalue weighted by atomic mass is 19.1. The Morgan fingerprint density at radius 1 is 1.10 bits per heavy atom. The van der Waals surface area contributed by atoms with Crippen molar-refractivity contribution in [3.63, 3.8) is 0 Å². The summed E-state index contributed by atoms with van der Waals surface area (Å²) in [6, 6.07) is 2.62. The SMILES string of the molecule is CCNc1ncnc(Nc2c(F)ccc(C)c2F)c1C. The Hall–Kier alpha value is -2.24. The van der Waals surface area contributed by atoms with Gasteiger partial charge in [-0.2, -0.15) is 0 Å². The first kappa shape index (κ1) is 14.2. The summed E-state index contributed by atoms with van der Waals surface area (Å²) < 4.78 is 27.7. The van der Waals surface area contributed by atoms with Crippen LogP contribution in [0.15, 0.2) is 18.5 Å². The first-order valence-electron chi connectivity index (χ1n) is 6.31. The fourth-order valence-electron chi connectivity index (χ4n) is 1.81. The van der Waals surface area contributed by atoms with Crippen LogP contribution in [-0.4, -0.2) is 16.5 Å². The minimum absolute atomic E-state index is 0.200. The molecule has 0 aliphatic heterocycles. The lowest BCUT2D eigenvalue weighted by atomic mass is 10.2. The molecular formula is C14H16F2N4. The van der Waals surface area contributed by atoms with Gasteiger partial charge in [-0.3, -0.25) is 0 Å². The van der Waals surface area contributed by atoms with Crippen molar-refractivity contribution in [2.75, 3.05) is 17.2 Å². The number of aromatic nitrogens is 2. The molecule has 20 heavy (non-hydrogen) atoms. The molecule has 106 valence electrons. The van der Waals surface area contributed by atoms with Gasteiger partial charge in [0.05, 0.1) is 0 Å². The molecule has 1 aromatic carbocycles. The predicted molar refractivity (Wildman–Crippen MR) is 75.3 cm³/mol. The van der Waals surface area contributed by atoms with E-state index in [1.54, 1.807) is 13.8 Å². The third kappa shape index (κ3) is 2.68. The molecule has 0 saturated carbocycles. The van der Waals surface area contributed by atoms with Gasteiger partial charge in [0.15, 0.2) is 5.82 Å². The monoisotopic (exact) mass is 278 g/mol. The van der Waals surface area contributed by atoms with E-state index in [-0.39, 0.29) is 5.69 Å². The Morgan fingerprint density at radius 3 is 2.50 bits per heavy atom. The van der Waals surface area contributed by atoms with Gasteiger partial charge in [0, 0.05) is 12.1 Å². The second-order valence-electron chi connectivity index (χ2n) is 4.40. The Kier molecular flexibility index (Phi) is 4.12. The van der Waals surface area contributed by atoms with Crippen molar-refractivity contribution in [3.05, 3.63) is 41.2 Å². The van der Waals surface area contributed by atoms with Gasteiger partial charge in [-0.15, -0.1) is 0 Å². The summed E-state index contributed by atoms with van der Waals surface area (Å²) in [5.74, 6) is -0.262. The summed E-state index contributed by atoms with van der Waals surface area (Å²) >= 11 is 0. The lowest BCUT2D eigenvalue weighted by Gasteiger charge is -2.13. The zero-order valence-electron chi connectivity index (χ0n) is 11.6. The second-order valence-corrected chi connectivity index (χ2v) is 4.40. The molecule has 0 unspecified atom stereocenters. The van der Waals surface area contributed by atoms with E-state index in [9.17, 15) is 8.78 Å². The number of hydrogen-bond acceptors (Lipinski definition) is 4. The van der Waals surface area contributed by atoms with E-state index in [0.717, 1.165) is 0 Å². The normalized spacial score (nSPS) is 10.4. The third-order valence-electron chi connectivity index (χ3n) is 2.96. The molecule has 1 aromatic heterocycles. The maximum Gasteiger partial charge on any atom is 0.152 e. The lowest BCUT2D eigenvalue weighted by molar-refractivity contribution is 0.584. The number of benzene rings is 1. The highest BCUT2D eigenvalue weighted by Gasteiger charge is 2.14. The molecule has 1 heterocycles. The Balaban J connectivity index is 2.40. The minimum atomic E-state index is -0.656. The summed E-state index contributed by atoms with van der Waals surface area (Å²) in [7, 11) is 0. The van der Waals surface area contributed by atoms with Gasteiger partial charge < -0.3 is 10.6 Å². The van der Waals surface area contributed by atoms with Crippen LogP contribution >= 0.6 is 0 Å². The van der Waals surface area contributed by atoms with Gasteiger partial charge in [0.25, 0.3) is 0 Å². The number of halogens is 2. The molecule has 0 radical (unpaired) electrons. The summed E-state index contributed by atoms with van der Waals surface area (Å²) in [4.78, 5) is 8.12. The van der Waals surface area contributed by atoms with Crippen LogP contribution in [0.1, 0.15) is 18.1 Å². The average Bonchev–Trinajstić information content (AvgIpc) is 2.43. The Bertz CT molecular complexity index is 629. The van der Waals surface area contributed by atoms with Crippen molar-refractivity contribution in [3.8, 4) is 0 Å². The Labute approximate surface area is 116 Å². The smallest absolute Gasteiger partial charge is 0.152 e. The molecule has 6 heteroatoms. The lowest BCUT2D eigenvalue weighted by Crippen LogP contribution is -2.07. The topological polar surface area (TPSA) is 49.8 Å². The summed E-state index contributed by atoms with van der Waals surface area (Å²) in [6.45, 7) is 6.00. The summed E-state index contributed by atoms with van der Waals surface area (Å²) in [5.41, 5.74) is 0.872. The average molecular weight is 278 g/mol. The van der Waals surface area contributed by atoms with Crippen LogP contribution < -0.4 is 10.6 Å². The zero-order valence-corrected chi connectivity index (χ0v) is 11.6. The first-order valence-corrected chi connectivity index (χ1v) is 6.31. The van der Waals surface area contributed by atoms with E-state index >= 15 is 0 Å². The first-order chi connectivity index (χ1) is 9.54. The molecule has 0 bridgehead atoms. The van der Waals surface area contributed by atoms with Crippen molar-refractivity contribution in [2.45, 2.75) is 20.8 Å². The predicted octanol–water partition coefficient (Wildman–Crippen LogP) is 3.55. The highest BCUT2D eigenvalue weighted by Crippen LogP contribution is 2.27.